The van der Waals surface area contributed by atoms with E-state index >= 15 is 0 Å². The first-order valence-electron chi connectivity index (χ1n) is 11.7. The summed E-state index contributed by atoms with van der Waals surface area (Å²) in [7, 11) is 0. The van der Waals surface area contributed by atoms with Gasteiger partial charge in [-0.2, -0.15) is 0 Å². The summed E-state index contributed by atoms with van der Waals surface area (Å²) >= 11 is 7.59. The minimum atomic E-state index is -0.558. The number of β-amino-alcohol motifs (C(OH)–C–C–N with tert-alkyl or cyclic N) is 1. The Labute approximate surface area is 217 Å². The molecule has 3 N–H and O–H groups in total. The van der Waals surface area contributed by atoms with Crippen molar-refractivity contribution in [3.8, 4) is 22.1 Å². The SMILES string of the molecule is CC(Oc1cc(-c2cnc3ccc(OCCN4CC[C@H](O)C4)cn23)sc1C(N)=O)c1ccccc1Cl. The molecule has 5 rings (SSSR count). The maximum absolute atomic E-state index is 12.2. The Hall–Kier alpha value is -3.11. The molecule has 1 aliphatic heterocycles. The molecule has 1 saturated heterocycles. The second kappa shape index (κ2) is 10.5. The molecule has 188 valence electrons. The van der Waals surface area contributed by atoms with E-state index in [0.717, 1.165) is 41.3 Å². The van der Waals surface area contributed by atoms with Crippen molar-refractivity contribution in [1.82, 2.24) is 14.3 Å². The van der Waals surface area contributed by atoms with Crippen molar-refractivity contribution in [2.45, 2.75) is 25.6 Å². The summed E-state index contributed by atoms with van der Waals surface area (Å²) in [5, 5.41) is 10.3. The van der Waals surface area contributed by atoms with Gasteiger partial charge in [-0.3, -0.25) is 14.1 Å². The summed E-state index contributed by atoms with van der Waals surface area (Å²) in [4.78, 5) is 20.0. The molecule has 1 aliphatic rings. The van der Waals surface area contributed by atoms with Crippen LogP contribution in [0.2, 0.25) is 5.02 Å². The van der Waals surface area contributed by atoms with Crippen LogP contribution < -0.4 is 15.2 Å². The lowest BCUT2D eigenvalue weighted by atomic mass is 10.1. The maximum atomic E-state index is 12.2. The summed E-state index contributed by atoms with van der Waals surface area (Å²) in [6.07, 6.45) is 3.82. The largest absolute Gasteiger partial charge is 0.491 e. The van der Waals surface area contributed by atoms with Gasteiger partial charge >= 0.3 is 0 Å². The van der Waals surface area contributed by atoms with Crippen LogP contribution in [-0.2, 0) is 0 Å². The van der Waals surface area contributed by atoms with Crippen LogP contribution in [0.15, 0.2) is 54.9 Å². The molecule has 4 aromatic rings. The molecule has 0 bridgehead atoms. The lowest BCUT2D eigenvalue weighted by Gasteiger charge is -2.16. The van der Waals surface area contributed by atoms with E-state index in [-0.39, 0.29) is 12.2 Å². The van der Waals surface area contributed by atoms with Gasteiger partial charge in [-0.1, -0.05) is 29.8 Å². The molecule has 1 amide bonds. The van der Waals surface area contributed by atoms with E-state index in [1.165, 1.54) is 11.3 Å². The van der Waals surface area contributed by atoms with Gasteiger partial charge in [0.2, 0.25) is 0 Å². The van der Waals surface area contributed by atoms with Crippen LogP contribution >= 0.6 is 22.9 Å². The minimum absolute atomic E-state index is 0.243. The van der Waals surface area contributed by atoms with Crippen LogP contribution in [0.25, 0.3) is 16.2 Å². The number of aliphatic hydroxyl groups excluding tert-OH is 1. The highest BCUT2D eigenvalue weighted by molar-refractivity contribution is 7.17. The molecule has 36 heavy (non-hydrogen) atoms. The number of rotatable bonds is 9. The lowest BCUT2D eigenvalue weighted by Crippen LogP contribution is -2.27. The number of pyridine rings is 1. The number of fused-ring (bicyclic) bond motifs is 1. The van der Waals surface area contributed by atoms with Crippen molar-refractivity contribution in [3.63, 3.8) is 0 Å². The molecular weight excluding hydrogens is 500 g/mol. The molecule has 8 nitrogen and oxygen atoms in total. The van der Waals surface area contributed by atoms with Gasteiger partial charge < -0.3 is 20.3 Å². The molecular formula is C26H27ClN4O4S. The van der Waals surface area contributed by atoms with E-state index in [1.807, 2.05) is 53.9 Å². The second-order valence-corrected chi connectivity index (χ2v) is 10.2. The summed E-state index contributed by atoms with van der Waals surface area (Å²) in [5.74, 6) is 0.555. The van der Waals surface area contributed by atoms with Gasteiger partial charge in [0.15, 0.2) is 0 Å². The highest BCUT2D eigenvalue weighted by Gasteiger charge is 2.22. The van der Waals surface area contributed by atoms with Crippen LogP contribution in [0.5, 0.6) is 11.5 Å². The smallest absolute Gasteiger partial charge is 0.262 e. The Morgan fingerprint density at radius 2 is 2.17 bits per heavy atom. The number of aliphatic hydroxyl groups is 1. The zero-order valence-electron chi connectivity index (χ0n) is 19.8. The number of ether oxygens (including phenoxy) is 2. The van der Waals surface area contributed by atoms with Crippen LogP contribution in [-0.4, -0.2) is 57.6 Å². The quantitative estimate of drug-likeness (QED) is 0.335. The third kappa shape index (κ3) is 5.19. The fraction of sp³-hybridized carbons (Fsp3) is 0.308. The van der Waals surface area contributed by atoms with Gasteiger partial charge in [0.25, 0.3) is 5.91 Å². The Kier molecular flexibility index (Phi) is 7.15. The lowest BCUT2D eigenvalue weighted by molar-refractivity contribution is 0.0998. The number of primary amides is 1. The van der Waals surface area contributed by atoms with Gasteiger partial charge in [-0.25, -0.2) is 4.98 Å². The normalized spacial score (nSPS) is 16.9. The first-order valence-corrected chi connectivity index (χ1v) is 12.9. The summed E-state index contributed by atoms with van der Waals surface area (Å²) in [6, 6.07) is 13.0. The highest BCUT2D eigenvalue weighted by Crippen LogP contribution is 2.39. The Morgan fingerprint density at radius 3 is 2.92 bits per heavy atom. The zero-order valence-corrected chi connectivity index (χ0v) is 21.3. The fourth-order valence-corrected chi connectivity index (χ4v) is 5.59. The molecule has 1 aromatic carbocycles. The number of nitrogens with two attached hydrogens (primary N) is 1. The van der Waals surface area contributed by atoms with Crippen LogP contribution in [0.4, 0.5) is 0 Å². The second-order valence-electron chi connectivity index (χ2n) is 8.78. The highest BCUT2D eigenvalue weighted by atomic mass is 35.5. The number of benzene rings is 1. The number of thiophene rings is 1. The van der Waals surface area contributed by atoms with E-state index in [0.29, 0.717) is 34.6 Å². The Morgan fingerprint density at radius 1 is 1.33 bits per heavy atom. The molecule has 10 heteroatoms. The first-order chi connectivity index (χ1) is 17.4. The van der Waals surface area contributed by atoms with E-state index < -0.39 is 5.91 Å². The van der Waals surface area contributed by atoms with E-state index in [4.69, 9.17) is 26.8 Å². The molecule has 1 unspecified atom stereocenters. The molecule has 0 radical (unpaired) electrons. The molecule has 0 aliphatic carbocycles. The average Bonchev–Trinajstić information content (AvgIpc) is 3.57. The number of hydrogen-bond acceptors (Lipinski definition) is 7. The molecule has 4 heterocycles. The summed E-state index contributed by atoms with van der Waals surface area (Å²) < 4.78 is 14.0. The van der Waals surface area contributed by atoms with E-state index in [1.54, 1.807) is 12.3 Å². The summed E-state index contributed by atoms with van der Waals surface area (Å²) in [5.41, 5.74) is 8.05. The number of imidazole rings is 1. The average molecular weight is 527 g/mol. The minimum Gasteiger partial charge on any atom is -0.491 e. The number of carbonyl (C=O) groups excluding carboxylic acids is 1. The van der Waals surface area contributed by atoms with Crippen molar-refractivity contribution in [1.29, 1.82) is 0 Å². The van der Waals surface area contributed by atoms with Gasteiger partial charge in [-0.15, -0.1) is 11.3 Å². The topological polar surface area (TPSA) is 102 Å². The number of carbonyl (C=O) groups is 1. The molecule has 2 atom stereocenters. The third-order valence-corrected chi connectivity index (χ3v) is 7.72. The zero-order chi connectivity index (χ0) is 25.2. The molecule has 0 spiro atoms. The van der Waals surface area contributed by atoms with Crippen LogP contribution in [0.1, 0.15) is 34.7 Å². The number of aromatic nitrogens is 2. The first kappa shape index (κ1) is 24.6. The monoisotopic (exact) mass is 526 g/mol. The number of amides is 1. The Balaban J connectivity index is 1.37. The molecule has 1 fully saturated rings. The van der Waals surface area contributed by atoms with Crippen molar-refractivity contribution >= 4 is 34.5 Å². The molecule has 3 aromatic heterocycles. The standard InChI is InChI=1S/C26H27ClN4O4S/c1-16(19-4-2-3-5-20(19)27)35-22-12-23(36-25(22)26(28)33)21-13-29-24-7-6-18(15-31(21)24)34-11-10-30-9-8-17(32)14-30/h2-7,12-13,15-17,32H,8-11,14H2,1H3,(H2,28,33)/t16?,17-/m0/s1. The van der Waals surface area contributed by atoms with Crippen molar-refractivity contribution in [2.24, 2.45) is 5.73 Å². The number of nitrogens with zero attached hydrogens (tertiary/aromatic N) is 3. The van der Waals surface area contributed by atoms with Gasteiger partial charge in [0.05, 0.1) is 29.1 Å². The van der Waals surface area contributed by atoms with Crippen LogP contribution in [0.3, 0.4) is 0 Å². The van der Waals surface area contributed by atoms with Crippen LogP contribution in [0, 0.1) is 0 Å². The van der Waals surface area contributed by atoms with Gasteiger partial charge in [-0.05, 0) is 31.5 Å². The van der Waals surface area contributed by atoms with Gasteiger partial charge in [0, 0.05) is 36.3 Å². The molecule has 0 saturated carbocycles. The van der Waals surface area contributed by atoms with Crippen molar-refractivity contribution in [2.75, 3.05) is 26.2 Å². The van der Waals surface area contributed by atoms with E-state index in [9.17, 15) is 9.90 Å². The summed E-state index contributed by atoms with van der Waals surface area (Å²) in [6.45, 7) is 4.72. The van der Waals surface area contributed by atoms with Crippen molar-refractivity contribution in [3.05, 3.63) is 70.3 Å². The van der Waals surface area contributed by atoms with Gasteiger partial charge in [0.1, 0.15) is 34.7 Å². The third-order valence-electron chi connectivity index (χ3n) is 6.22. The maximum Gasteiger partial charge on any atom is 0.262 e. The predicted octanol–water partition coefficient (Wildman–Crippen LogP) is 4.40. The number of hydrogen-bond donors (Lipinski definition) is 2. The van der Waals surface area contributed by atoms with E-state index in [2.05, 4.69) is 9.88 Å². The van der Waals surface area contributed by atoms with Crippen molar-refractivity contribution < 1.29 is 19.4 Å². The Bertz CT molecular complexity index is 1390. The number of likely N-dealkylation sites (tertiary alicyclic amines) is 1. The predicted molar refractivity (Wildman–Crippen MR) is 140 cm³/mol. The number of halogens is 1. The fourth-order valence-electron chi connectivity index (χ4n) is 4.36.